The summed E-state index contributed by atoms with van der Waals surface area (Å²) in [5, 5.41) is 3.18. The van der Waals surface area contributed by atoms with Crippen LogP contribution >= 0.6 is 0 Å². The fourth-order valence-corrected chi connectivity index (χ4v) is 6.25. The van der Waals surface area contributed by atoms with Crippen molar-refractivity contribution in [1.29, 1.82) is 0 Å². The summed E-state index contributed by atoms with van der Waals surface area (Å²) in [5.41, 5.74) is 2.99. The van der Waals surface area contributed by atoms with Crippen LogP contribution in [0.4, 0.5) is 5.69 Å². The molecule has 1 aliphatic rings. The van der Waals surface area contributed by atoms with Gasteiger partial charge in [-0.3, -0.25) is 13.9 Å². The molecule has 43 heavy (non-hydrogen) atoms. The molecule has 3 aromatic carbocycles. The van der Waals surface area contributed by atoms with E-state index in [-0.39, 0.29) is 36.4 Å². The highest BCUT2D eigenvalue weighted by Crippen LogP contribution is 2.34. The van der Waals surface area contributed by atoms with Crippen molar-refractivity contribution >= 4 is 27.5 Å². The Bertz CT molecular complexity index is 1490. The normalized spacial score (nSPS) is 14.1. The van der Waals surface area contributed by atoms with Crippen molar-refractivity contribution in [3.05, 3.63) is 89.5 Å². The van der Waals surface area contributed by atoms with Crippen LogP contribution in [0.25, 0.3) is 0 Å². The van der Waals surface area contributed by atoms with E-state index in [1.807, 2.05) is 61.5 Å². The number of anilines is 1. The number of nitrogens with zero attached hydrogens (tertiary/aromatic N) is 2. The lowest BCUT2D eigenvalue weighted by atomic mass is 10.0. The molecule has 230 valence electrons. The average molecular weight is 608 g/mol. The van der Waals surface area contributed by atoms with Crippen molar-refractivity contribution in [2.24, 2.45) is 0 Å². The molecule has 10 heteroatoms. The maximum absolute atomic E-state index is 14.3. The van der Waals surface area contributed by atoms with Crippen molar-refractivity contribution in [1.82, 2.24) is 10.2 Å². The summed E-state index contributed by atoms with van der Waals surface area (Å²) in [6.45, 7) is 1.59. The molecule has 3 aromatic rings. The van der Waals surface area contributed by atoms with Crippen LogP contribution in [0.5, 0.6) is 11.5 Å². The summed E-state index contributed by atoms with van der Waals surface area (Å²) >= 11 is 0. The Morgan fingerprint density at radius 3 is 2.21 bits per heavy atom. The molecule has 2 amide bonds. The number of carbonyl (C=O) groups excluding carboxylic acids is 2. The Labute approximate surface area is 254 Å². The second-order valence-electron chi connectivity index (χ2n) is 11.0. The molecule has 1 unspecified atom stereocenters. The fourth-order valence-electron chi connectivity index (χ4n) is 5.40. The molecule has 1 fully saturated rings. The van der Waals surface area contributed by atoms with Crippen LogP contribution in [-0.2, 0) is 32.6 Å². The maximum Gasteiger partial charge on any atom is 0.244 e. The van der Waals surface area contributed by atoms with Crippen LogP contribution in [0.1, 0.15) is 42.4 Å². The topological polar surface area (TPSA) is 105 Å². The molecule has 1 atom stereocenters. The third-order valence-corrected chi connectivity index (χ3v) is 8.91. The molecular weight excluding hydrogens is 566 g/mol. The van der Waals surface area contributed by atoms with Gasteiger partial charge in [0.05, 0.1) is 26.2 Å². The molecule has 1 N–H and O–H groups in total. The molecule has 9 nitrogen and oxygen atoms in total. The summed E-state index contributed by atoms with van der Waals surface area (Å²) in [5.74, 6) is -0.0362. The average Bonchev–Trinajstić information content (AvgIpc) is 3.51. The smallest absolute Gasteiger partial charge is 0.244 e. The minimum atomic E-state index is -3.94. The van der Waals surface area contributed by atoms with Gasteiger partial charge in [0, 0.05) is 25.1 Å². The van der Waals surface area contributed by atoms with E-state index in [4.69, 9.17) is 9.47 Å². The van der Waals surface area contributed by atoms with E-state index in [0.29, 0.717) is 5.75 Å². The highest BCUT2D eigenvalue weighted by atomic mass is 32.2. The molecule has 0 bridgehead atoms. The zero-order chi connectivity index (χ0) is 31.0. The predicted molar refractivity (Wildman–Crippen MR) is 168 cm³/mol. The number of rotatable bonds is 13. The molecule has 1 aliphatic carbocycles. The second kappa shape index (κ2) is 14.4. The van der Waals surface area contributed by atoms with Crippen LogP contribution < -0.4 is 19.1 Å². The van der Waals surface area contributed by atoms with Gasteiger partial charge in [-0.1, -0.05) is 73.0 Å². The van der Waals surface area contributed by atoms with E-state index in [1.54, 1.807) is 18.2 Å². The minimum absolute atomic E-state index is 0.0539. The van der Waals surface area contributed by atoms with Gasteiger partial charge in [0.25, 0.3) is 0 Å². The van der Waals surface area contributed by atoms with Crippen LogP contribution in [0.2, 0.25) is 0 Å². The van der Waals surface area contributed by atoms with Gasteiger partial charge in [0.2, 0.25) is 21.8 Å². The van der Waals surface area contributed by atoms with Crippen LogP contribution in [0, 0.1) is 6.92 Å². The number of aryl methyl sites for hydroxylation is 1. The van der Waals surface area contributed by atoms with Gasteiger partial charge < -0.3 is 19.7 Å². The number of hydrogen-bond acceptors (Lipinski definition) is 6. The zero-order valence-corrected chi connectivity index (χ0v) is 26.1. The first kappa shape index (κ1) is 31.9. The minimum Gasteiger partial charge on any atom is -0.497 e. The highest BCUT2D eigenvalue weighted by Gasteiger charge is 2.35. The molecule has 0 spiro atoms. The van der Waals surface area contributed by atoms with Crippen molar-refractivity contribution < 1.29 is 27.5 Å². The van der Waals surface area contributed by atoms with Gasteiger partial charge in [0.15, 0.2) is 0 Å². The Morgan fingerprint density at radius 1 is 0.930 bits per heavy atom. The Kier molecular flexibility index (Phi) is 10.7. The van der Waals surface area contributed by atoms with E-state index < -0.39 is 28.5 Å². The maximum atomic E-state index is 14.3. The van der Waals surface area contributed by atoms with Crippen LogP contribution in [0.15, 0.2) is 72.8 Å². The Hall–Kier alpha value is -4.05. The summed E-state index contributed by atoms with van der Waals surface area (Å²) in [6, 6.07) is 21.2. The first-order valence-corrected chi connectivity index (χ1v) is 16.3. The molecule has 0 heterocycles. The second-order valence-corrected chi connectivity index (χ2v) is 12.9. The van der Waals surface area contributed by atoms with Crippen molar-refractivity contribution in [2.75, 3.05) is 31.3 Å². The zero-order valence-electron chi connectivity index (χ0n) is 25.3. The number of hydrogen-bond donors (Lipinski definition) is 1. The van der Waals surface area contributed by atoms with E-state index >= 15 is 0 Å². The predicted octanol–water partition coefficient (Wildman–Crippen LogP) is 4.48. The summed E-state index contributed by atoms with van der Waals surface area (Å²) in [6.07, 6.45) is 5.22. The van der Waals surface area contributed by atoms with E-state index in [9.17, 15) is 18.0 Å². The summed E-state index contributed by atoms with van der Waals surface area (Å²) in [7, 11) is -1.01. The van der Waals surface area contributed by atoms with Gasteiger partial charge in [-0.15, -0.1) is 0 Å². The molecule has 0 aromatic heterocycles. The van der Waals surface area contributed by atoms with Crippen molar-refractivity contribution in [3.63, 3.8) is 0 Å². The van der Waals surface area contributed by atoms with Gasteiger partial charge >= 0.3 is 0 Å². The molecule has 0 saturated heterocycles. The van der Waals surface area contributed by atoms with Crippen molar-refractivity contribution in [2.45, 2.75) is 57.7 Å². The molecule has 0 radical (unpaired) electrons. The SMILES string of the molecule is COc1ccc(N(CC(=O)N(Cc2ccc(C)cc2)C(Cc2ccccc2)C(=O)NC2CCCC2)S(C)(=O)=O)c(OC)c1. The number of carbonyl (C=O) groups is 2. The first-order chi connectivity index (χ1) is 20.6. The Morgan fingerprint density at radius 2 is 1.60 bits per heavy atom. The molecule has 0 aliphatic heterocycles. The Balaban J connectivity index is 1.74. The number of benzene rings is 3. The number of ether oxygens (including phenoxy) is 2. The lowest BCUT2D eigenvalue weighted by Crippen LogP contribution is -2.54. The third kappa shape index (κ3) is 8.50. The number of amides is 2. The molecular formula is C33H41N3O6S. The summed E-state index contributed by atoms with van der Waals surface area (Å²) < 4.78 is 38.0. The largest absolute Gasteiger partial charge is 0.497 e. The van der Waals surface area contributed by atoms with E-state index in [1.165, 1.54) is 19.1 Å². The van der Waals surface area contributed by atoms with Gasteiger partial charge in [-0.25, -0.2) is 8.42 Å². The van der Waals surface area contributed by atoms with E-state index in [0.717, 1.165) is 52.9 Å². The van der Waals surface area contributed by atoms with E-state index in [2.05, 4.69) is 5.32 Å². The monoisotopic (exact) mass is 607 g/mol. The highest BCUT2D eigenvalue weighted by molar-refractivity contribution is 7.92. The summed E-state index contributed by atoms with van der Waals surface area (Å²) in [4.78, 5) is 29.8. The number of sulfonamides is 1. The molecule has 4 rings (SSSR count). The van der Waals surface area contributed by atoms with Gasteiger partial charge in [0.1, 0.15) is 24.1 Å². The standard InChI is InChI=1S/C33H41N3O6S/c1-24-14-16-26(17-15-24)22-35(30(20-25-10-6-5-7-11-25)33(38)34-27-12-8-9-13-27)32(37)23-36(43(4,39)40)29-19-18-28(41-2)21-31(29)42-3/h5-7,10-11,14-19,21,27,30H,8-9,12-13,20,22-23H2,1-4H3,(H,34,38). The molecule has 1 saturated carbocycles. The lowest BCUT2D eigenvalue weighted by molar-refractivity contribution is -0.140. The number of nitrogens with one attached hydrogen (secondary N) is 1. The number of methoxy groups -OCH3 is 2. The van der Waals surface area contributed by atoms with Crippen LogP contribution in [0.3, 0.4) is 0 Å². The fraction of sp³-hybridized carbons (Fsp3) is 0.394. The third-order valence-electron chi connectivity index (χ3n) is 7.78. The van der Waals surface area contributed by atoms with Gasteiger partial charge in [-0.2, -0.15) is 0 Å². The lowest BCUT2D eigenvalue weighted by Gasteiger charge is -2.34. The van der Waals surface area contributed by atoms with Gasteiger partial charge in [-0.05, 0) is 43.0 Å². The first-order valence-electron chi connectivity index (χ1n) is 14.5. The van der Waals surface area contributed by atoms with Crippen LogP contribution in [-0.4, -0.2) is 64.2 Å². The quantitative estimate of drug-likeness (QED) is 0.307. The van der Waals surface area contributed by atoms with Crippen molar-refractivity contribution in [3.8, 4) is 11.5 Å².